The Labute approximate surface area is 133 Å². The van der Waals surface area contributed by atoms with Crippen LogP contribution in [0.2, 0.25) is 0 Å². The van der Waals surface area contributed by atoms with Crippen molar-refractivity contribution in [2.24, 2.45) is 0 Å². The van der Waals surface area contributed by atoms with Gasteiger partial charge in [-0.1, -0.05) is 61.2 Å². The molecule has 3 aromatic rings. The zero-order valence-electron chi connectivity index (χ0n) is 12.7. The van der Waals surface area contributed by atoms with Gasteiger partial charge in [0.25, 0.3) is 5.92 Å². The molecule has 0 heterocycles. The summed E-state index contributed by atoms with van der Waals surface area (Å²) in [5.74, 6) is -2.54. The molecule has 1 nitrogen and oxygen atoms in total. The van der Waals surface area contributed by atoms with Crippen molar-refractivity contribution in [3.63, 3.8) is 0 Å². The van der Waals surface area contributed by atoms with Crippen molar-refractivity contribution in [2.75, 3.05) is 7.11 Å². The van der Waals surface area contributed by atoms with Crippen molar-refractivity contribution in [1.82, 2.24) is 0 Å². The van der Waals surface area contributed by atoms with Crippen LogP contribution in [0.4, 0.5) is 8.78 Å². The van der Waals surface area contributed by atoms with Crippen molar-refractivity contribution in [1.29, 1.82) is 0 Å². The van der Waals surface area contributed by atoms with Gasteiger partial charge in [-0.15, -0.1) is 0 Å². The normalized spacial score (nSPS) is 11.4. The van der Waals surface area contributed by atoms with Crippen LogP contribution in [0.15, 0.2) is 73.3 Å². The number of hydrogen-bond donors (Lipinski definition) is 0. The standard InChI is InChI=1S/C20H16F2O/c1-14(15-10-12-17(23-2)13-11-15)20(21,22)19-9-5-7-16-6-3-4-8-18(16)19/h3-13H,1H2,2H3. The summed E-state index contributed by atoms with van der Waals surface area (Å²) < 4.78 is 35.1. The summed E-state index contributed by atoms with van der Waals surface area (Å²) in [6.07, 6.45) is 0. The van der Waals surface area contributed by atoms with E-state index >= 15 is 8.78 Å². The lowest BCUT2D eigenvalue weighted by atomic mass is 9.92. The van der Waals surface area contributed by atoms with Crippen LogP contribution in [0, 0.1) is 0 Å². The molecule has 3 heteroatoms. The van der Waals surface area contributed by atoms with E-state index in [2.05, 4.69) is 6.58 Å². The largest absolute Gasteiger partial charge is 0.497 e. The highest BCUT2D eigenvalue weighted by Gasteiger charge is 2.37. The lowest BCUT2D eigenvalue weighted by Crippen LogP contribution is -2.15. The summed E-state index contributed by atoms with van der Waals surface area (Å²) in [6, 6.07) is 18.6. The molecule has 0 aliphatic rings. The van der Waals surface area contributed by atoms with Crippen molar-refractivity contribution < 1.29 is 13.5 Å². The second-order valence-electron chi connectivity index (χ2n) is 5.31. The molecule has 0 spiro atoms. The molecule has 0 aliphatic heterocycles. The molecule has 0 saturated carbocycles. The third-order valence-corrected chi connectivity index (χ3v) is 3.95. The van der Waals surface area contributed by atoms with Gasteiger partial charge in [0.05, 0.1) is 7.11 Å². The fourth-order valence-electron chi connectivity index (χ4n) is 2.64. The quantitative estimate of drug-likeness (QED) is 0.604. The first-order valence-corrected chi connectivity index (χ1v) is 7.24. The number of alkyl halides is 2. The smallest absolute Gasteiger partial charge is 0.299 e. The Hall–Kier alpha value is -2.68. The fourth-order valence-corrected chi connectivity index (χ4v) is 2.64. The molecular formula is C20H16F2O. The fraction of sp³-hybridized carbons (Fsp3) is 0.100. The Morgan fingerprint density at radius 3 is 2.26 bits per heavy atom. The van der Waals surface area contributed by atoms with Crippen LogP contribution in [-0.2, 0) is 5.92 Å². The van der Waals surface area contributed by atoms with Gasteiger partial charge in [-0.2, -0.15) is 8.78 Å². The topological polar surface area (TPSA) is 9.23 Å². The van der Waals surface area contributed by atoms with Crippen molar-refractivity contribution >= 4 is 16.3 Å². The molecule has 0 aromatic heterocycles. The molecule has 3 aromatic carbocycles. The van der Waals surface area contributed by atoms with E-state index < -0.39 is 5.92 Å². The first kappa shape index (κ1) is 15.2. The summed E-state index contributed by atoms with van der Waals surface area (Å²) in [7, 11) is 1.54. The van der Waals surface area contributed by atoms with Gasteiger partial charge < -0.3 is 4.74 Å². The first-order valence-electron chi connectivity index (χ1n) is 7.24. The van der Waals surface area contributed by atoms with E-state index in [-0.39, 0.29) is 11.1 Å². The van der Waals surface area contributed by atoms with E-state index in [4.69, 9.17) is 4.74 Å². The minimum absolute atomic E-state index is 0.0311. The van der Waals surface area contributed by atoms with Crippen LogP contribution in [0.25, 0.3) is 16.3 Å². The molecule has 0 bridgehead atoms. The Morgan fingerprint density at radius 1 is 0.913 bits per heavy atom. The average Bonchev–Trinajstić information content (AvgIpc) is 2.60. The Bertz CT molecular complexity index is 846. The maximum atomic E-state index is 15.0. The van der Waals surface area contributed by atoms with Gasteiger partial charge in [-0.05, 0) is 28.5 Å². The maximum absolute atomic E-state index is 15.0. The lowest BCUT2D eigenvalue weighted by molar-refractivity contribution is 0.0663. The minimum atomic E-state index is -3.16. The Kier molecular flexibility index (Phi) is 3.87. The predicted molar refractivity (Wildman–Crippen MR) is 89.9 cm³/mol. The van der Waals surface area contributed by atoms with E-state index in [0.29, 0.717) is 16.7 Å². The summed E-state index contributed by atoms with van der Waals surface area (Å²) in [5.41, 5.74) is 0.136. The van der Waals surface area contributed by atoms with Gasteiger partial charge in [-0.3, -0.25) is 0 Å². The average molecular weight is 310 g/mol. The zero-order valence-corrected chi connectivity index (χ0v) is 12.7. The Balaban J connectivity index is 2.06. The number of rotatable bonds is 4. The predicted octanol–water partition coefficient (Wildman–Crippen LogP) is 5.65. The van der Waals surface area contributed by atoms with E-state index in [9.17, 15) is 0 Å². The SMILES string of the molecule is C=C(c1ccc(OC)cc1)C(F)(F)c1cccc2ccccc12. The van der Waals surface area contributed by atoms with Crippen LogP contribution >= 0.6 is 0 Å². The minimum Gasteiger partial charge on any atom is -0.497 e. The van der Waals surface area contributed by atoms with Gasteiger partial charge in [-0.25, -0.2) is 0 Å². The summed E-state index contributed by atoms with van der Waals surface area (Å²) in [5, 5.41) is 1.32. The molecule has 23 heavy (non-hydrogen) atoms. The van der Waals surface area contributed by atoms with Gasteiger partial charge in [0, 0.05) is 11.1 Å². The van der Waals surface area contributed by atoms with Crippen LogP contribution in [0.3, 0.4) is 0 Å². The summed E-state index contributed by atoms with van der Waals surface area (Å²) >= 11 is 0. The number of ether oxygens (including phenoxy) is 1. The van der Waals surface area contributed by atoms with Gasteiger partial charge in [0.1, 0.15) is 5.75 Å². The van der Waals surface area contributed by atoms with Crippen molar-refractivity contribution in [3.05, 3.63) is 84.4 Å². The lowest BCUT2D eigenvalue weighted by Gasteiger charge is -2.21. The second-order valence-corrected chi connectivity index (χ2v) is 5.31. The van der Waals surface area contributed by atoms with E-state index in [0.717, 1.165) is 5.39 Å². The van der Waals surface area contributed by atoms with E-state index in [1.165, 1.54) is 13.2 Å². The summed E-state index contributed by atoms with van der Waals surface area (Å²) in [4.78, 5) is 0. The molecule has 0 aliphatic carbocycles. The van der Waals surface area contributed by atoms with Crippen LogP contribution in [0.1, 0.15) is 11.1 Å². The molecule has 0 radical (unpaired) electrons. The molecular weight excluding hydrogens is 294 g/mol. The molecule has 0 saturated heterocycles. The monoisotopic (exact) mass is 310 g/mol. The number of methoxy groups -OCH3 is 1. The zero-order chi connectivity index (χ0) is 16.4. The highest BCUT2D eigenvalue weighted by Crippen LogP contribution is 2.43. The van der Waals surface area contributed by atoms with E-state index in [1.807, 2.05) is 18.2 Å². The highest BCUT2D eigenvalue weighted by molar-refractivity contribution is 5.89. The van der Waals surface area contributed by atoms with Crippen molar-refractivity contribution in [3.8, 4) is 5.75 Å². The number of allylic oxidation sites excluding steroid dienone is 1. The number of hydrogen-bond acceptors (Lipinski definition) is 1. The number of fused-ring (bicyclic) bond motifs is 1. The molecule has 3 rings (SSSR count). The van der Waals surface area contributed by atoms with Crippen LogP contribution in [0.5, 0.6) is 5.75 Å². The van der Waals surface area contributed by atoms with E-state index in [1.54, 1.807) is 42.5 Å². The first-order chi connectivity index (χ1) is 11.0. The van der Waals surface area contributed by atoms with Crippen LogP contribution < -0.4 is 4.74 Å². The number of benzene rings is 3. The molecule has 0 atom stereocenters. The molecule has 0 fully saturated rings. The molecule has 0 unspecified atom stereocenters. The number of halogens is 2. The van der Waals surface area contributed by atoms with Gasteiger partial charge in [0.15, 0.2) is 0 Å². The third kappa shape index (κ3) is 2.70. The highest BCUT2D eigenvalue weighted by atomic mass is 19.3. The van der Waals surface area contributed by atoms with Crippen molar-refractivity contribution in [2.45, 2.75) is 5.92 Å². The van der Waals surface area contributed by atoms with Gasteiger partial charge in [0.2, 0.25) is 0 Å². The molecule has 0 amide bonds. The maximum Gasteiger partial charge on any atom is 0.299 e. The molecule has 0 N–H and O–H groups in total. The summed E-state index contributed by atoms with van der Waals surface area (Å²) in [6.45, 7) is 3.64. The van der Waals surface area contributed by atoms with Gasteiger partial charge >= 0.3 is 0 Å². The second kappa shape index (κ2) is 5.84. The van der Waals surface area contributed by atoms with Crippen LogP contribution in [-0.4, -0.2) is 7.11 Å². The third-order valence-electron chi connectivity index (χ3n) is 3.95. The molecule has 116 valence electrons. The Morgan fingerprint density at radius 2 is 1.57 bits per heavy atom.